The highest BCUT2D eigenvalue weighted by atomic mass is 16.3. The van der Waals surface area contributed by atoms with Gasteiger partial charge < -0.3 is 15.3 Å². The van der Waals surface area contributed by atoms with Gasteiger partial charge in [-0.1, -0.05) is 0 Å². The lowest BCUT2D eigenvalue weighted by molar-refractivity contribution is 0.198. The molecule has 1 saturated heterocycles. The summed E-state index contributed by atoms with van der Waals surface area (Å²) in [6.07, 6.45) is 5.75. The SMILES string of the molecule is N#Cc1ccc(NC2CC(c3cc(N4CC[C@H](O)C4)ncn3)C2)nc1. The Morgan fingerprint density at radius 3 is 2.80 bits per heavy atom. The van der Waals surface area contributed by atoms with Crippen molar-refractivity contribution < 1.29 is 5.11 Å². The van der Waals surface area contributed by atoms with Crippen LogP contribution in [0, 0.1) is 11.3 Å². The highest BCUT2D eigenvalue weighted by Gasteiger charge is 2.32. The third-order valence-corrected chi connectivity index (χ3v) is 4.96. The molecule has 1 aliphatic carbocycles. The monoisotopic (exact) mass is 336 g/mol. The number of nitrogens with zero attached hydrogens (tertiary/aromatic N) is 5. The van der Waals surface area contributed by atoms with Gasteiger partial charge in [0.25, 0.3) is 0 Å². The number of hydrogen-bond donors (Lipinski definition) is 2. The predicted octanol–water partition coefficient (Wildman–Crippen LogP) is 1.67. The standard InChI is InChI=1S/C18H20N6O/c19-8-12-1-2-17(20-9-12)23-14-5-13(6-14)16-7-18(22-11-21-16)24-4-3-15(25)10-24/h1-2,7,9,11,13-15,25H,3-6,10H2,(H,20,23)/t13?,14?,15-/m0/s1. The highest BCUT2D eigenvalue weighted by Crippen LogP contribution is 2.38. The molecule has 0 unspecified atom stereocenters. The molecule has 0 aromatic carbocycles. The highest BCUT2D eigenvalue weighted by molar-refractivity contribution is 5.43. The van der Waals surface area contributed by atoms with Crippen molar-refractivity contribution in [2.24, 2.45) is 0 Å². The zero-order valence-corrected chi connectivity index (χ0v) is 13.8. The van der Waals surface area contributed by atoms with Crippen LogP contribution in [0.1, 0.15) is 36.4 Å². The molecule has 2 fully saturated rings. The van der Waals surface area contributed by atoms with Crippen molar-refractivity contribution in [3.05, 3.63) is 42.0 Å². The summed E-state index contributed by atoms with van der Waals surface area (Å²) < 4.78 is 0. The smallest absolute Gasteiger partial charge is 0.132 e. The number of anilines is 2. The number of aliphatic hydroxyl groups is 1. The van der Waals surface area contributed by atoms with Gasteiger partial charge in [-0.15, -0.1) is 0 Å². The van der Waals surface area contributed by atoms with Gasteiger partial charge in [-0.2, -0.15) is 5.26 Å². The first-order valence-electron chi connectivity index (χ1n) is 8.59. The Morgan fingerprint density at radius 2 is 2.12 bits per heavy atom. The lowest BCUT2D eigenvalue weighted by atomic mass is 9.78. The average molecular weight is 336 g/mol. The molecule has 25 heavy (non-hydrogen) atoms. The maximum atomic E-state index is 9.69. The fraction of sp³-hybridized carbons (Fsp3) is 0.444. The van der Waals surface area contributed by atoms with E-state index in [2.05, 4.69) is 37.3 Å². The van der Waals surface area contributed by atoms with Crippen molar-refractivity contribution in [3.63, 3.8) is 0 Å². The lowest BCUT2D eigenvalue weighted by Gasteiger charge is -2.36. The molecule has 7 heteroatoms. The molecule has 0 amide bonds. The van der Waals surface area contributed by atoms with Crippen LogP contribution in [0.5, 0.6) is 0 Å². The van der Waals surface area contributed by atoms with E-state index in [0.29, 0.717) is 24.1 Å². The molecule has 2 aliphatic rings. The van der Waals surface area contributed by atoms with Gasteiger partial charge in [-0.05, 0) is 31.4 Å². The zero-order valence-electron chi connectivity index (χ0n) is 13.8. The van der Waals surface area contributed by atoms with Gasteiger partial charge in [0.1, 0.15) is 24.0 Å². The van der Waals surface area contributed by atoms with Gasteiger partial charge in [0.2, 0.25) is 0 Å². The van der Waals surface area contributed by atoms with Crippen molar-refractivity contribution in [1.82, 2.24) is 15.0 Å². The van der Waals surface area contributed by atoms with E-state index in [1.165, 1.54) is 0 Å². The Morgan fingerprint density at radius 1 is 1.24 bits per heavy atom. The van der Waals surface area contributed by atoms with Crippen LogP contribution in [-0.4, -0.2) is 45.3 Å². The summed E-state index contributed by atoms with van der Waals surface area (Å²) in [5, 5.41) is 21.9. The second kappa shape index (κ2) is 6.65. The molecule has 128 valence electrons. The van der Waals surface area contributed by atoms with Gasteiger partial charge in [-0.25, -0.2) is 15.0 Å². The molecule has 0 bridgehead atoms. The predicted molar refractivity (Wildman–Crippen MR) is 93.2 cm³/mol. The van der Waals surface area contributed by atoms with E-state index in [1.807, 2.05) is 6.07 Å². The first kappa shape index (κ1) is 15.8. The number of hydrogen-bond acceptors (Lipinski definition) is 7. The van der Waals surface area contributed by atoms with Crippen LogP contribution in [0.3, 0.4) is 0 Å². The summed E-state index contributed by atoms with van der Waals surface area (Å²) in [6, 6.07) is 8.11. The quantitative estimate of drug-likeness (QED) is 0.876. The van der Waals surface area contributed by atoms with Crippen LogP contribution < -0.4 is 10.2 Å². The number of aromatic nitrogens is 3. The number of rotatable bonds is 4. The molecule has 2 N–H and O–H groups in total. The summed E-state index contributed by atoms with van der Waals surface area (Å²) in [7, 11) is 0. The van der Waals surface area contributed by atoms with Crippen LogP contribution in [-0.2, 0) is 0 Å². The molecule has 0 radical (unpaired) electrons. The number of aliphatic hydroxyl groups excluding tert-OH is 1. The summed E-state index contributed by atoms with van der Waals surface area (Å²) in [6.45, 7) is 1.49. The number of nitrogens with one attached hydrogen (secondary N) is 1. The van der Waals surface area contributed by atoms with Crippen molar-refractivity contribution in [3.8, 4) is 6.07 Å². The zero-order chi connectivity index (χ0) is 17.2. The normalized spacial score (nSPS) is 25.3. The van der Waals surface area contributed by atoms with Gasteiger partial charge in [0.15, 0.2) is 0 Å². The number of β-amino-alcohol motifs (C(OH)–C–C–N with tert-alkyl or cyclic N) is 1. The van der Waals surface area contributed by atoms with E-state index in [0.717, 1.165) is 43.1 Å². The summed E-state index contributed by atoms with van der Waals surface area (Å²) >= 11 is 0. The van der Waals surface area contributed by atoms with Crippen molar-refractivity contribution >= 4 is 11.6 Å². The topological polar surface area (TPSA) is 98.0 Å². The first-order valence-corrected chi connectivity index (χ1v) is 8.59. The van der Waals surface area contributed by atoms with Crippen LogP contribution in [0.2, 0.25) is 0 Å². The fourth-order valence-electron chi connectivity index (χ4n) is 3.44. The summed E-state index contributed by atoms with van der Waals surface area (Å²) in [5.41, 5.74) is 1.63. The minimum atomic E-state index is -0.254. The van der Waals surface area contributed by atoms with E-state index in [1.54, 1.807) is 18.6 Å². The van der Waals surface area contributed by atoms with Gasteiger partial charge in [-0.3, -0.25) is 0 Å². The Bertz CT molecular complexity index is 781. The van der Waals surface area contributed by atoms with Crippen LogP contribution >= 0.6 is 0 Å². The molecule has 1 atom stereocenters. The van der Waals surface area contributed by atoms with Crippen molar-refractivity contribution in [2.45, 2.75) is 37.3 Å². The Hall–Kier alpha value is -2.72. The van der Waals surface area contributed by atoms with E-state index >= 15 is 0 Å². The summed E-state index contributed by atoms with van der Waals surface area (Å²) in [4.78, 5) is 15.2. The van der Waals surface area contributed by atoms with Crippen LogP contribution in [0.15, 0.2) is 30.7 Å². The average Bonchev–Trinajstić information content (AvgIpc) is 3.05. The molecular weight excluding hydrogens is 316 g/mol. The largest absolute Gasteiger partial charge is 0.391 e. The molecule has 1 aliphatic heterocycles. The van der Waals surface area contributed by atoms with E-state index < -0.39 is 0 Å². The second-order valence-corrected chi connectivity index (χ2v) is 6.74. The molecule has 2 aromatic rings. The first-order chi connectivity index (χ1) is 12.2. The number of pyridine rings is 1. The molecule has 7 nitrogen and oxygen atoms in total. The second-order valence-electron chi connectivity index (χ2n) is 6.74. The maximum absolute atomic E-state index is 9.69. The van der Waals surface area contributed by atoms with E-state index in [9.17, 15) is 5.11 Å². The van der Waals surface area contributed by atoms with Gasteiger partial charge >= 0.3 is 0 Å². The van der Waals surface area contributed by atoms with Gasteiger partial charge in [0.05, 0.1) is 11.7 Å². The Labute approximate surface area is 146 Å². The lowest BCUT2D eigenvalue weighted by Crippen LogP contribution is -2.35. The van der Waals surface area contributed by atoms with Crippen molar-refractivity contribution in [1.29, 1.82) is 5.26 Å². The fourth-order valence-corrected chi connectivity index (χ4v) is 3.44. The third-order valence-electron chi connectivity index (χ3n) is 4.96. The van der Waals surface area contributed by atoms with E-state index in [4.69, 9.17) is 5.26 Å². The van der Waals surface area contributed by atoms with E-state index in [-0.39, 0.29) is 6.10 Å². The third kappa shape index (κ3) is 3.39. The summed E-state index contributed by atoms with van der Waals surface area (Å²) in [5.74, 6) is 2.13. The molecular formula is C18H20N6O. The Balaban J connectivity index is 1.35. The molecule has 1 saturated carbocycles. The molecule has 4 rings (SSSR count). The number of nitriles is 1. The van der Waals surface area contributed by atoms with Crippen LogP contribution in [0.4, 0.5) is 11.6 Å². The van der Waals surface area contributed by atoms with Gasteiger partial charge in [0, 0.05) is 43.0 Å². The molecule has 2 aromatic heterocycles. The van der Waals surface area contributed by atoms with Crippen molar-refractivity contribution in [2.75, 3.05) is 23.3 Å². The molecule has 3 heterocycles. The minimum Gasteiger partial charge on any atom is -0.391 e. The maximum Gasteiger partial charge on any atom is 0.132 e. The molecule has 0 spiro atoms. The Kier molecular flexibility index (Phi) is 4.20. The van der Waals surface area contributed by atoms with Crippen LogP contribution in [0.25, 0.3) is 0 Å². The minimum absolute atomic E-state index is 0.254.